The molecule has 1 aromatic rings. The van der Waals surface area contributed by atoms with Crippen molar-refractivity contribution in [1.29, 1.82) is 0 Å². The van der Waals surface area contributed by atoms with E-state index in [-0.39, 0.29) is 0 Å². The third kappa shape index (κ3) is 5.49. The van der Waals surface area contributed by atoms with E-state index in [9.17, 15) is 0 Å². The number of para-hydroxylation sites is 1. The van der Waals surface area contributed by atoms with Crippen LogP contribution in [-0.2, 0) is 0 Å². The Kier molecular flexibility index (Phi) is 6.91. The maximum Gasteiger partial charge on any atom is 0.0645 e. The molecule has 0 radical (unpaired) electrons. The van der Waals surface area contributed by atoms with Crippen molar-refractivity contribution in [1.82, 2.24) is 5.32 Å². The second-order valence-corrected chi connectivity index (χ2v) is 5.70. The summed E-state index contributed by atoms with van der Waals surface area (Å²) >= 11 is 0. The van der Waals surface area contributed by atoms with Crippen LogP contribution in [0.1, 0.15) is 39.5 Å². The monoisotopic (exact) mass is 297 g/mol. The van der Waals surface area contributed by atoms with E-state index in [1.807, 2.05) is 37.3 Å². The average Bonchev–Trinajstić information content (AvgIpc) is 2.58. The van der Waals surface area contributed by atoms with E-state index in [1.54, 1.807) is 0 Å². The van der Waals surface area contributed by atoms with Gasteiger partial charge in [-0.15, -0.1) is 0 Å². The van der Waals surface area contributed by atoms with Crippen molar-refractivity contribution in [2.45, 2.75) is 45.6 Å². The molecule has 1 aliphatic rings. The Bertz CT molecular complexity index is 529. The molecule has 1 aromatic carbocycles. The molecule has 118 valence electrons. The van der Waals surface area contributed by atoms with Gasteiger partial charge in [0.25, 0.3) is 0 Å². The number of unbranched alkanes of at least 4 members (excludes halogenated alkanes) is 2. The fraction of sp³-hybridized carbons (Fsp3) is 0.421. The summed E-state index contributed by atoms with van der Waals surface area (Å²) in [5, 5.41) is 8.04. The lowest BCUT2D eigenvalue weighted by Gasteiger charge is -2.17. The second kappa shape index (κ2) is 9.21. The van der Waals surface area contributed by atoms with Gasteiger partial charge in [-0.25, -0.2) is 0 Å². The highest BCUT2D eigenvalue weighted by atomic mass is 15.3. The molecule has 2 N–H and O–H groups in total. The minimum absolute atomic E-state index is 0.468. The average molecular weight is 297 g/mol. The van der Waals surface area contributed by atoms with Crippen molar-refractivity contribution in [3.05, 3.63) is 54.1 Å². The number of benzene rings is 1. The van der Waals surface area contributed by atoms with E-state index in [4.69, 9.17) is 0 Å². The standard InChI is InChI=1S/C19H27N3/c1-3-4-8-15-20-18-13-11-17(12-14-18)16(2)21-22-19-9-6-5-7-10-19/h5-7,9-13,18,20,22H,3-4,8,14-15H2,1-2H3. The topological polar surface area (TPSA) is 36.4 Å². The molecule has 0 aromatic heterocycles. The van der Waals surface area contributed by atoms with Crippen LogP contribution in [0, 0.1) is 0 Å². The van der Waals surface area contributed by atoms with Gasteiger partial charge in [-0.2, -0.15) is 5.10 Å². The van der Waals surface area contributed by atoms with Gasteiger partial charge in [0.05, 0.1) is 11.4 Å². The third-order valence-corrected chi connectivity index (χ3v) is 3.83. The predicted molar refractivity (Wildman–Crippen MR) is 96.3 cm³/mol. The molecule has 0 saturated carbocycles. The lowest BCUT2D eigenvalue weighted by atomic mass is 10.00. The number of hydrazone groups is 1. The number of allylic oxidation sites excluding steroid dienone is 2. The van der Waals surface area contributed by atoms with Crippen LogP contribution in [-0.4, -0.2) is 18.3 Å². The Balaban J connectivity index is 1.79. The van der Waals surface area contributed by atoms with E-state index >= 15 is 0 Å². The summed E-state index contributed by atoms with van der Waals surface area (Å²) in [5.74, 6) is 0. The highest BCUT2D eigenvalue weighted by molar-refractivity contribution is 6.01. The zero-order valence-corrected chi connectivity index (χ0v) is 13.7. The van der Waals surface area contributed by atoms with E-state index in [1.165, 1.54) is 24.8 Å². The maximum absolute atomic E-state index is 4.46. The molecule has 3 nitrogen and oxygen atoms in total. The van der Waals surface area contributed by atoms with E-state index in [2.05, 4.69) is 41.0 Å². The number of anilines is 1. The van der Waals surface area contributed by atoms with Crippen LogP contribution < -0.4 is 10.7 Å². The molecule has 3 heteroatoms. The zero-order valence-electron chi connectivity index (χ0n) is 13.7. The van der Waals surface area contributed by atoms with Crippen LogP contribution in [0.5, 0.6) is 0 Å². The first-order chi connectivity index (χ1) is 10.8. The summed E-state index contributed by atoms with van der Waals surface area (Å²) in [6, 6.07) is 10.5. The summed E-state index contributed by atoms with van der Waals surface area (Å²) in [5.41, 5.74) is 6.33. The van der Waals surface area contributed by atoms with Gasteiger partial charge in [-0.3, -0.25) is 5.43 Å². The Hall–Kier alpha value is -1.87. The van der Waals surface area contributed by atoms with E-state index in [0.29, 0.717) is 6.04 Å². The quantitative estimate of drug-likeness (QED) is 0.421. The van der Waals surface area contributed by atoms with Crippen LogP contribution in [0.2, 0.25) is 0 Å². The lowest BCUT2D eigenvalue weighted by molar-refractivity contribution is 0.559. The summed E-state index contributed by atoms with van der Waals surface area (Å²) in [7, 11) is 0. The highest BCUT2D eigenvalue weighted by Gasteiger charge is 2.09. The molecule has 0 saturated heterocycles. The number of nitrogens with zero attached hydrogens (tertiary/aromatic N) is 1. The van der Waals surface area contributed by atoms with Crippen LogP contribution >= 0.6 is 0 Å². The van der Waals surface area contributed by atoms with Crippen LogP contribution in [0.15, 0.2) is 59.2 Å². The van der Waals surface area contributed by atoms with Crippen LogP contribution in [0.3, 0.4) is 0 Å². The van der Waals surface area contributed by atoms with Gasteiger partial charge >= 0.3 is 0 Å². The third-order valence-electron chi connectivity index (χ3n) is 3.83. The Labute approximate surface area is 134 Å². The predicted octanol–water partition coefficient (Wildman–Crippen LogP) is 4.51. The first-order valence-electron chi connectivity index (χ1n) is 8.27. The summed E-state index contributed by atoms with van der Waals surface area (Å²) < 4.78 is 0. The molecule has 22 heavy (non-hydrogen) atoms. The van der Waals surface area contributed by atoms with Crippen molar-refractivity contribution in [3.8, 4) is 0 Å². The molecule has 0 spiro atoms. The molecule has 0 heterocycles. The van der Waals surface area contributed by atoms with Gasteiger partial charge in [0.15, 0.2) is 0 Å². The van der Waals surface area contributed by atoms with Gasteiger partial charge in [0, 0.05) is 6.04 Å². The normalized spacial score (nSPS) is 18.2. The molecule has 2 rings (SSSR count). The summed E-state index contributed by atoms with van der Waals surface area (Å²) in [4.78, 5) is 0. The molecule has 1 aliphatic carbocycles. The van der Waals surface area contributed by atoms with Crippen LogP contribution in [0.4, 0.5) is 5.69 Å². The molecular formula is C19H27N3. The van der Waals surface area contributed by atoms with Gasteiger partial charge in [-0.1, -0.05) is 56.2 Å². The highest BCUT2D eigenvalue weighted by Crippen LogP contribution is 2.13. The van der Waals surface area contributed by atoms with E-state index in [0.717, 1.165) is 24.4 Å². The van der Waals surface area contributed by atoms with Crippen LogP contribution in [0.25, 0.3) is 0 Å². The van der Waals surface area contributed by atoms with Gasteiger partial charge in [0.2, 0.25) is 0 Å². The first-order valence-corrected chi connectivity index (χ1v) is 8.27. The Morgan fingerprint density at radius 1 is 1.23 bits per heavy atom. The molecular weight excluding hydrogens is 270 g/mol. The van der Waals surface area contributed by atoms with E-state index < -0.39 is 0 Å². The number of hydrogen-bond donors (Lipinski definition) is 2. The number of hydrogen-bond acceptors (Lipinski definition) is 3. The molecule has 1 atom stereocenters. The molecule has 0 amide bonds. The summed E-state index contributed by atoms with van der Waals surface area (Å²) in [6.07, 6.45) is 11.6. The smallest absolute Gasteiger partial charge is 0.0645 e. The van der Waals surface area contributed by atoms with Crippen molar-refractivity contribution in [3.63, 3.8) is 0 Å². The molecule has 1 unspecified atom stereocenters. The number of nitrogens with one attached hydrogen (secondary N) is 2. The van der Waals surface area contributed by atoms with Gasteiger partial charge < -0.3 is 5.32 Å². The van der Waals surface area contributed by atoms with Crippen molar-refractivity contribution in [2.75, 3.05) is 12.0 Å². The maximum atomic E-state index is 4.46. The van der Waals surface area contributed by atoms with Crippen molar-refractivity contribution < 1.29 is 0 Å². The largest absolute Gasteiger partial charge is 0.310 e. The number of rotatable bonds is 8. The fourth-order valence-electron chi connectivity index (χ4n) is 2.43. The molecule has 0 bridgehead atoms. The first kappa shape index (κ1) is 16.5. The Morgan fingerprint density at radius 3 is 2.73 bits per heavy atom. The lowest BCUT2D eigenvalue weighted by Crippen LogP contribution is -2.29. The zero-order chi connectivity index (χ0) is 15.6. The fourth-order valence-corrected chi connectivity index (χ4v) is 2.43. The Morgan fingerprint density at radius 2 is 2.05 bits per heavy atom. The van der Waals surface area contributed by atoms with Gasteiger partial charge in [-0.05, 0) is 44.0 Å². The minimum atomic E-state index is 0.468. The van der Waals surface area contributed by atoms with Crippen molar-refractivity contribution >= 4 is 11.4 Å². The molecule has 0 fully saturated rings. The van der Waals surface area contributed by atoms with Crippen molar-refractivity contribution in [2.24, 2.45) is 5.10 Å². The molecule has 0 aliphatic heterocycles. The second-order valence-electron chi connectivity index (χ2n) is 5.70. The summed E-state index contributed by atoms with van der Waals surface area (Å²) in [6.45, 7) is 5.39. The SMILES string of the molecule is CCCCCNC1C=CC(C(C)=NNc2ccccc2)=CC1. The van der Waals surface area contributed by atoms with Gasteiger partial charge in [0.1, 0.15) is 0 Å². The minimum Gasteiger partial charge on any atom is -0.310 e.